The molecule has 1 rings (SSSR count). The lowest BCUT2D eigenvalue weighted by atomic mass is 9.86. The molecule has 1 aromatic rings. The zero-order valence-corrected chi connectivity index (χ0v) is 7.85. The Balaban J connectivity index is 3.13. The Morgan fingerprint density at radius 2 is 2.17 bits per heavy atom. The summed E-state index contributed by atoms with van der Waals surface area (Å²) in [5.74, 6) is 0. The van der Waals surface area contributed by atoms with E-state index in [0.717, 1.165) is 10.7 Å². The van der Waals surface area contributed by atoms with E-state index in [0.29, 0.717) is 0 Å². The van der Waals surface area contributed by atoms with E-state index in [1.807, 2.05) is 0 Å². The van der Waals surface area contributed by atoms with Crippen molar-refractivity contribution in [3.8, 4) is 0 Å². The Labute approximate surface area is 75.9 Å². The van der Waals surface area contributed by atoms with Crippen LogP contribution in [0.3, 0.4) is 0 Å². The van der Waals surface area contributed by atoms with Crippen LogP contribution >= 0.6 is 15.9 Å². The van der Waals surface area contributed by atoms with Gasteiger partial charge in [0.1, 0.15) is 4.60 Å². The van der Waals surface area contributed by atoms with Gasteiger partial charge in [-0.05, 0) is 34.5 Å². The van der Waals surface area contributed by atoms with Crippen LogP contribution in [0.15, 0.2) is 10.7 Å². The number of aryl methyl sites for hydroxylation is 1. The van der Waals surface area contributed by atoms with Crippen LogP contribution in [0.2, 0.25) is 0 Å². The largest absolute Gasteiger partial charge is 0.527 e. The Bertz CT molecular complexity index is 283. The molecule has 0 N–H and O–H groups in total. The minimum absolute atomic E-state index is 0.221. The maximum atomic E-state index is 12.2. The zero-order valence-electron chi connectivity index (χ0n) is 6.27. The average Bonchev–Trinajstić information content (AvgIpc) is 2.29. The first kappa shape index (κ1) is 9.63. The van der Waals surface area contributed by atoms with E-state index in [2.05, 4.69) is 21.0 Å². The minimum atomic E-state index is -4.95. The second-order valence-corrected chi connectivity index (χ2v) is 3.09. The Morgan fingerprint density at radius 1 is 1.58 bits per heavy atom. The van der Waals surface area contributed by atoms with Crippen molar-refractivity contribution in [1.82, 2.24) is 9.78 Å². The van der Waals surface area contributed by atoms with Crippen molar-refractivity contribution in [3.05, 3.63) is 10.7 Å². The van der Waals surface area contributed by atoms with E-state index in [-0.39, 0.29) is 11.1 Å². The molecule has 1 heterocycles. The van der Waals surface area contributed by atoms with Crippen LogP contribution in [0.1, 0.15) is 6.92 Å². The fourth-order valence-electron chi connectivity index (χ4n) is 0.915. The first-order chi connectivity index (χ1) is 5.45. The SMILES string of the molecule is CCn1nc(Br)cc1[B-](F)(F)F. The van der Waals surface area contributed by atoms with Crippen molar-refractivity contribution in [2.75, 3.05) is 0 Å². The molecule has 1 aromatic heterocycles. The molecule has 0 atom stereocenters. The Morgan fingerprint density at radius 3 is 2.50 bits per heavy atom. The predicted molar refractivity (Wildman–Crippen MR) is 44.3 cm³/mol. The minimum Gasteiger partial charge on any atom is -0.444 e. The summed E-state index contributed by atoms with van der Waals surface area (Å²) in [6.45, 7) is -3.11. The molecule has 68 valence electrons. The summed E-state index contributed by atoms with van der Waals surface area (Å²) >= 11 is 2.89. The topological polar surface area (TPSA) is 17.8 Å². The lowest BCUT2D eigenvalue weighted by Crippen LogP contribution is -2.40. The van der Waals surface area contributed by atoms with Crippen molar-refractivity contribution in [1.29, 1.82) is 0 Å². The molecule has 0 aliphatic heterocycles. The normalized spacial score (nSPS) is 12.1. The van der Waals surface area contributed by atoms with Gasteiger partial charge < -0.3 is 12.9 Å². The lowest BCUT2D eigenvalue weighted by molar-refractivity contribution is 0.489. The smallest absolute Gasteiger partial charge is 0.444 e. The second-order valence-electron chi connectivity index (χ2n) is 2.28. The third kappa shape index (κ3) is 1.82. The third-order valence-corrected chi connectivity index (χ3v) is 1.80. The molecule has 0 unspecified atom stereocenters. The highest BCUT2D eigenvalue weighted by Crippen LogP contribution is 2.12. The predicted octanol–water partition coefficient (Wildman–Crippen LogP) is 1.72. The zero-order chi connectivity index (χ0) is 9.35. The quantitative estimate of drug-likeness (QED) is 0.721. The van der Waals surface area contributed by atoms with Crippen LogP contribution in [0.5, 0.6) is 0 Å². The van der Waals surface area contributed by atoms with E-state index in [1.54, 1.807) is 6.92 Å². The summed E-state index contributed by atoms with van der Waals surface area (Å²) in [6.07, 6.45) is 0. The van der Waals surface area contributed by atoms with E-state index in [4.69, 9.17) is 0 Å². The van der Waals surface area contributed by atoms with Gasteiger partial charge in [-0.1, -0.05) is 0 Å². The van der Waals surface area contributed by atoms with Gasteiger partial charge >= 0.3 is 6.98 Å². The van der Waals surface area contributed by atoms with Crippen LogP contribution in [0.25, 0.3) is 0 Å². The van der Waals surface area contributed by atoms with Gasteiger partial charge in [0.2, 0.25) is 0 Å². The molecule has 0 aliphatic rings. The van der Waals surface area contributed by atoms with Crippen molar-refractivity contribution in [2.24, 2.45) is 0 Å². The standard InChI is InChI=1S/C5H6BBrF3N2/c1-2-12-4(6(8,9)10)3-5(7)11-12/h3H,2H2,1H3/q-1. The molecule has 0 fully saturated rings. The molecule has 0 radical (unpaired) electrons. The maximum absolute atomic E-state index is 12.2. The molecule has 0 spiro atoms. The number of hydrogen-bond donors (Lipinski definition) is 0. The van der Waals surface area contributed by atoms with E-state index < -0.39 is 12.6 Å². The molecular formula is C5H6BBrF3N2-. The maximum Gasteiger partial charge on any atom is 0.527 e. The van der Waals surface area contributed by atoms with Crippen molar-refractivity contribution in [2.45, 2.75) is 13.5 Å². The lowest BCUT2D eigenvalue weighted by Gasteiger charge is -2.15. The molecule has 0 saturated carbocycles. The number of nitrogens with zero attached hydrogens (tertiary/aromatic N) is 2. The first-order valence-corrected chi connectivity index (χ1v) is 4.17. The monoisotopic (exact) mass is 241 g/mol. The first-order valence-electron chi connectivity index (χ1n) is 3.38. The summed E-state index contributed by atoms with van der Waals surface area (Å²) in [5.41, 5.74) is -0.663. The van der Waals surface area contributed by atoms with E-state index in [9.17, 15) is 12.9 Å². The summed E-state index contributed by atoms with van der Waals surface area (Å²) in [6, 6.07) is 0.990. The summed E-state index contributed by atoms with van der Waals surface area (Å²) in [7, 11) is 0. The van der Waals surface area contributed by atoms with Gasteiger partial charge in [0.15, 0.2) is 0 Å². The van der Waals surface area contributed by atoms with Crippen LogP contribution < -0.4 is 5.59 Å². The molecule has 0 amide bonds. The number of aromatic nitrogens is 2. The summed E-state index contributed by atoms with van der Waals surface area (Å²) < 4.78 is 37.8. The molecular weight excluding hydrogens is 236 g/mol. The van der Waals surface area contributed by atoms with Crippen molar-refractivity contribution >= 4 is 28.5 Å². The fraction of sp³-hybridized carbons (Fsp3) is 0.400. The van der Waals surface area contributed by atoms with E-state index in [1.165, 1.54) is 0 Å². The fourth-order valence-corrected chi connectivity index (χ4v) is 1.34. The highest BCUT2D eigenvalue weighted by molar-refractivity contribution is 9.10. The molecule has 0 aromatic carbocycles. The number of hydrogen-bond acceptors (Lipinski definition) is 1. The molecule has 12 heavy (non-hydrogen) atoms. The van der Waals surface area contributed by atoms with Gasteiger partial charge in [-0.3, -0.25) is 4.68 Å². The van der Waals surface area contributed by atoms with Crippen LogP contribution in [-0.2, 0) is 6.54 Å². The second kappa shape index (κ2) is 3.12. The third-order valence-electron chi connectivity index (χ3n) is 1.42. The van der Waals surface area contributed by atoms with E-state index >= 15 is 0 Å². The van der Waals surface area contributed by atoms with Crippen LogP contribution in [0, 0.1) is 0 Å². The highest BCUT2D eigenvalue weighted by atomic mass is 79.9. The van der Waals surface area contributed by atoms with Crippen molar-refractivity contribution < 1.29 is 12.9 Å². The molecule has 7 heteroatoms. The molecule has 0 bridgehead atoms. The number of halogens is 4. The highest BCUT2D eigenvalue weighted by Gasteiger charge is 2.30. The molecule has 0 aliphatic carbocycles. The summed E-state index contributed by atoms with van der Waals surface area (Å²) in [4.78, 5) is 0. The Hall–Kier alpha value is -0.455. The Kier molecular flexibility index (Phi) is 2.50. The van der Waals surface area contributed by atoms with Gasteiger partial charge in [0.25, 0.3) is 0 Å². The van der Waals surface area contributed by atoms with Gasteiger partial charge in [-0.15, -0.1) is 0 Å². The van der Waals surface area contributed by atoms with Gasteiger partial charge in [0, 0.05) is 6.54 Å². The van der Waals surface area contributed by atoms with Crippen LogP contribution in [-0.4, -0.2) is 16.8 Å². The van der Waals surface area contributed by atoms with Gasteiger partial charge in [-0.2, -0.15) is 5.10 Å². The van der Waals surface area contributed by atoms with Crippen LogP contribution in [0.4, 0.5) is 12.9 Å². The molecule has 0 saturated heterocycles. The average molecular weight is 242 g/mol. The molecule has 2 nitrogen and oxygen atoms in total. The summed E-state index contributed by atoms with van der Waals surface area (Å²) in [5, 5.41) is 3.62. The number of rotatable bonds is 2. The van der Waals surface area contributed by atoms with Gasteiger partial charge in [-0.25, -0.2) is 0 Å². The van der Waals surface area contributed by atoms with Gasteiger partial charge in [0.05, 0.1) is 0 Å². The van der Waals surface area contributed by atoms with Crippen molar-refractivity contribution in [3.63, 3.8) is 0 Å².